The maximum atomic E-state index is 10.8. The van der Waals surface area contributed by atoms with Crippen molar-refractivity contribution in [3.8, 4) is 0 Å². The third-order valence-corrected chi connectivity index (χ3v) is 1.35. The average molecular weight is 160 g/mol. The number of carbonyl (C=O) groups excluding carboxylic acids is 2. The van der Waals surface area contributed by atoms with E-state index in [9.17, 15) is 9.59 Å². The molecule has 0 saturated carbocycles. The van der Waals surface area contributed by atoms with Gasteiger partial charge in [-0.2, -0.15) is 0 Å². The molecule has 0 spiro atoms. The number of hydrogen-bond donors (Lipinski definition) is 2. The second kappa shape index (κ2) is 2.85. The molecular weight excluding hydrogens is 152 g/mol. The van der Waals surface area contributed by atoms with Crippen LogP contribution in [0, 0.1) is 0 Å². The summed E-state index contributed by atoms with van der Waals surface area (Å²) < 4.78 is 4.32. The molecule has 6 nitrogen and oxygen atoms in total. The molecule has 2 atom stereocenters. The Labute approximate surface area is 62.6 Å². The molecule has 1 saturated heterocycles. The molecular formula is C5H8N2O4. The Balaban J connectivity index is 2.61. The molecule has 62 valence electrons. The van der Waals surface area contributed by atoms with E-state index in [1.807, 2.05) is 5.48 Å². The van der Waals surface area contributed by atoms with E-state index in [1.54, 1.807) is 0 Å². The highest BCUT2D eigenvalue weighted by atomic mass is 16.7. The number of nitrogens with one attached hydrogen (secondary N) is 1. The zero-order chi connectivity index (χ0) is 8.43. The smallest absolute Gasteiger partial charge is 0.339 e. The van der Waals surface area contributed by atoms with E-state index in [0.717, 1.165) is 0 Å². The first-order valence-corrected chi connectivity index (χ1v) is 2.95. The lowest BCUT2D eigenvalue weighted by Crippen LogP contribution is -2.41. The predicted octanol–water partition coefficient (Wildman–Crippen LogP) is -2.08. The van der Waals surface area contributed by atoms with Crippen molar-refractivity contribution >= 4 is 11.9 Å². The molecule has 0 aliphatic carbocycles. The summed E-state index contributed by atoms with van der Waals surface area (Å²) in [7, 11) is 1.20. The number of ether oxygens (including phenoxy) is 1. The normalized spacial score (nSPS) is 29.8. The molecule has 0 aromatic carbocycles. The maximum Gasteiger partial charge on any atom is 0.339 e. The topological polar surface area (TPSA) is 90.6 Å². The molecule has 1 rings (SSSR count). The van der Waals surface area contributed by atoms with Crippen LogP contribution in [0.2, 0.25) is 0 Å². The maximum absolute atomic E-state index is 10.8. The molecule has 0 aromatic heterocycles. The van der Waals surface area contributed by atoms with Crippen LogP contribution in [-0.4, -0.2) is 31.1 Å². The van der Waals surface area contributed by atoms with Crippen molar-refractivity contribution in [1.29, 1.82) is 0 Å². The quantitative estimate of drug-likeness (QED) is 0.429. The van der Waals surface area contributed by atoms with Crippen LogP contribution >= 0.6 is 0 Å². The minimum absolute atomic E-state index is 0.514. The number of methoxy groups -OCH3 is 1. The fourth-order valence-electron chi connectivity index (χ4n) is 0.711. The molecule has 0 aromatic rings. The monoisotopic (exact) mass is 160 g/mol. The van der Waals surface area contributed by atoms with Gasteiger partial charge in [0.2, 0.25) is 6.10 Å². The van der Waals surface area contributed by atoms with Crippen LogP contribution in [0.15, 0.2) is 0 Å². The highest BCUT2D eigenvalue weighted by Gasteiger charge is 2.39. The fraction of sp³-hybridized carbons (Fsp3) is 0.600. The average Bonchev–Trinajstić information content (AvgIpc) is 2.32. The molecule has 1 amide bonds. The third kappa shape index (κ3) is 1.31. The number of amides is 1. The van der Waals surface area contributed by atoms with Crippen molar-refractivity contribution in [2.75, 3.05) is 7.11 Å². The zero-order valence-corrected chi connectivity index (χ0v) is 5.87. The van der Waals surface area contributed by atoms with Gasteiger partial charge in [-0.25, -0.2) is 10.3 Å². The van der Waals surface area contributed by atoms with E-state index in [0.29, 0.717) is 0 Å². The molecule has 0 radical (unpaired) electrons. The van der Waals surface area contributed by atoms with Gasteiger partial charge in [0.15, 0.2) is 0 Å². The molecule has 1 heterocycles. The molecule has 6 heteroatoms. The first kappa shape index (κ1) is 7.96. The highest BCUT2D eigenvalue weighted by Crippen LogP contribution is 2.04. The summed E-state index contributed by atoms with van der Waals surface area (Å²) in [4.78, 5) is 25.9. The van der Waals surface area contributed by atoms with E-state index >= 15 is 0 Å². The van der Waals surface area contributed by atoms with Gasteiger partial charge in [0.1, 0.15) is 6.04 Å². The van der Waals surface area contributed by atoms with E-state index in [2.05, 4.69) is 9.57 Å². The van der Waals surface area contributed by atoms with E-state index in [1.165, 1.54) is 7.11 Å². The van der Waals surface area contributed by atoms with Crippen molar-refractivity contribution in [2.24, 2.45) is 5.73 Å². The van der Waals surface area contributed by atoms with Crippen molar-refractivity contribution in [1.82, 2.24) is 5.48 Å². The summed E-state index contributed by atoms with van der Waals surface area (Å²) in [5.41, 5.74) is 7.23. The van der Waals surface area contributed by atoms with Crippen LogP contribution in [0.25, 0.3) is 0 Å². The molecule has 1 fully saturated rings. The second-order valence-electron chi connectivity index (χ2n) is 2.05. The summed E-state index contributed by atoms with van der Waals surface area (Å²) in [5.74, 6) is -1.17. The fourth-order valence-corrected chi connectivity index (χ4v) is 0.711. The Morgan fingerprint density at radius 2 is 2.45 bits per heavy atom. The number of hydroxylamine groups is 1. The number of carbonyl (C=O) groups is 2. The van der Waals surface area contributed by atoms with Crippen molar-refractivity contribution in [3.63, 3.8) is 0 Å². The number of esters is 1. The summed E-state index contributed by atoms with van der Waals surface area (Å²) in [6.45, 7) is 0. The summed E-state index contributed by atoms with van der Waals surface area (Å²) in [5, 5.41) is 0. The largest absolute Gasteiger partial charge is 0.467 e. The van der Waals surface area contributed by atoms with E-state index in [-0.39, 0.29) is 0 Å². The van der Waals surface area contributed by atoms with Gasteiger partial charge in [-0.3, -0.25) is 9.63 Å². The van der Waals surface area contributed by atoms with Crippen molar-refractivity contribution < 1.29 is 19.2 Å². The van der Waals surface area contributed by atoms with Crippen LogP contribution < -0.4 is 11.2 Å². The molecule has 1 aliphatic heterocycles. The van der Waals surface area contributed by atoms with Gasteiger partial charge in [-0.05, 0) is 0 Å². The number of rotatable bonds is 1. The molecule has 1 aliphatic rings. The van der Waals surface area contributed by atoms with Gasteiger partial charge < -0.3 is 10.5 Å². The zero-order valence-electron chi connectivity index (χ0n) is 5.87. The Hall–Kier alpha value is -1.14. The van der Waals surface area contributed by atoms with Crippen LogP contribution in [0.4, 0.5) is 0 Å². The highest BCUT2D eigenvalue weighted by molar-refractivity contribution is 5.91. The van der Waals surface area contributed by atoms with Crippen LogP contribution in [0.1, 0.15) is 0 Å². The Kier molecular flexibility index (Phi) is 2.06. The van der Waals surface area contributed by atoms with Gasteiger partial charge in [0, 0.05) is 0 Å². The first-order chi connectivity index (χ1) is 5.16. The minimum Gasteiger partial charge on any atom is -0.467 e. The molecule has 0 unspecified atom stereocenters. The number of hydrogen-bond acceptors (Lipinski definition) is 5. The molecule has 0 bridgehead atoms. The van der Waals surface area contributed by atoms with Gasteiger partial charge in [0.05, 0.1) is 7.11 Å². The Bertz CT molecular complexity index is 193. The lowest BCUT2D eigenvalue weighted by atomic mass is 10.2. The predicted molar refractivity (Wildman–Crippen MR) is 33.0 cm³/mol. The number of nitrogens with two attached hydrogens (primary N) is 1. The summed E-state index contributed by atoms with van der Waals surface area (Å²) in [6, 6.07) is -0.970. The lowest BCUT2D eigenvalue weighted by molar-refractivity contribution is -0.154. The standard InChI is InChI=1S/C5H8N2O4/c1-10-5(9)3-2(6)4(8)7-11-3/h2-3H,6H2,1H3,(H,7,8)/t2-,3-/m0/s1. The van der Waals surface area contributed by atoms with Crippen molar-refractivity contribution in [3.05, 3.63) is 0 Å². The SMILES string of the molecule is COC(=O)[C@H]1ONC(=O)[C@H]1N. The molecule has 11 heavy (non-hydrogen) atoms. The van der Waals surface area contributed by atoms with Crippen molar-refractivity contribution in [2.45, 2.75) is 12.1 Å². The van der Waals surface area contributed by atoms with Gasteiger partial charge in [0.25, 0.3) is 5.91 Å². The van der Waals surface area contributed by atoms with E-state index in [4.69, 9.17) is 5.73 Å². The minimum atomic E-state index is -1.02. The van der Waals surface area contributed by atoms with Crippen LogP contribution in [-0.2, 0) is 19.2 Å². The summed E-state index contributed by atoms with van der Waals surface area (Å²) >= 11 is 0. The van der Waals surface area contributed by atoms with Gasteiger partial charge in [-0.15, -0.1) is 0 Å². The summed E-state index contributed by atoms with van der Waals surface area (Å²) in [6.07, 6.45) is -1.02. The lowest BCUT2D eigenvalue weighted by Gasteiger charge is -2.06. The first-order valence-electron chi connectivity index (χ1n) is 2.95. The Morgan fingerprint density at radius 1 is 1.82 bits per heavy atom. The molecule has 3 N–H and O–H groups in total. The Morgan fingerprint density at radius 3 is 2.82 bits per heavy atom. The van der Waals surface area contributed by atoms with Crippen LogP contribution in [0.3, 0.4) is 0 Å². The third-order valence-electron chi connectivity index (χ3n) is 1.35. The van der Waals surface area contributed by atoms with Gasteiger partial charge >= 0.3 is 5.97 Å². The van der Waals surface area contributed by atoms with Gasteiger partial charge in [-0.1, -0.05) is 0 Å². The van der Waals surface area contributed by atoms with E-state index < -0.39 is 24.0 Å². The van der Waals surface area contributed by atoms with Crippen LogP contribution in [0.5, 0.6) is 0 Å². The second-order valence-corrected chi connectivity index (χ2v) is 2.05.